The van der Waals surface area contributed by atoms with Crippen LogP contribution in [0.5, 0.6) is 0 Å². The SMILES string of the molecule is N#Cc1cccc(-c2ccc3cccc(-c4ccc(CC(N)c5ccccc5)cc4)c3c2)c1. The number of nitriles is 1. The van der Waals surface area contributed by atoms with E-state index in [-0.39, 0.29) is 6.04 Å². The van der Waals surface area contributed by atoms with E-state index >= 15 is 0 Å². The lowest BCUT2D eigenvalue weighted by atomic mass is 9.93. The number of hydrogen-bond acceptors (Lipinski definition) is 2. The van der Waals surface area contributed by atoms with Crippen molar-refractivity contribution in [1.82, 2.24) is 0 Å². The standard InChI is InChI=1S/C31H24N2/c32-21-23-6-4-10-27(18-23)28-17-16-24-9-5-11-29(30(24)20-28)25-14-12-22(13-15-25)19-31(33)26-7-2-1-3-8-26/h1-18,20,31H,19,33H2. The highest BCUT2D eigenvalue weighted by molar-refractivity contribution is 5.99. The minimum absolute atomic E-state index is 0.0127. The van der Waals surface area contributed by atoms with Gasteiger partial charge in [-0.05, 0) is 68.8 Å². The summed E-state index contributed by atoms with van der Waals surface area (Å²) in [6, 6.07) is 41.9. The molecule has 0 amide bonds. The van der Waals surface area contributed by atoms with Crippen LogP contribution in [0.3, 0.4) is 0 Å². The third-order valence-corrected chi connectivity index (χ3v) is 6.16. The molecule has 0 radical (unpaired) electrons. The minimum atomic E-state index is -0.0127. The van der Waals surface area contributed by atoms with E-state index in [0.717, 1.165) is 23.1 Å². The fourth-order valence-corrected chi connectivity index (χ4v) is 4.36. The summed E-state index contributed by atoms with van der Waals surface area (Å²) in [4.78, 5) is 0. The van der Waals surface area contributed by atoms with Gasteiger partial charge in [-0.25, -0.2) is 0 Å². The van der Waals surface area contributed by atoms with Gasteiger partial charge in [0, 0.05) is 6.04 Å². The van der Waals surface area contributed by atoms with E-state index in [4.69, 9.17) is 5.73 Å². The molecule has 0 saturated carbocycles. The van der Waals surface area contributed by atoms with Gasteiger partial charge in [0.25, 0.3) is 0 Å². The zero-order chi connectivity index (χ0) is 22.6. The summed E-state index contributed by atoms with van der Waals surface area (Å²) in [5.41, 5.74) is 14.0. The zero-order valence-electron chi connectivity index (χ0n) is 18.3. The van der Waals surface area contributed by atoms with Gasteiger partial charge >= 0.3 is 0 Å². The highest BCUT2D eigenvalue weighted by atomic mass is 14.6. The average molecular weight is 425 g/mol. The molecule has 0 saturated heterocycles. The summed E-state index contributed by atoms with van der Waals surface area (Å²) in [5.74, 6) is 0. The van der Waals surface area contributed by atoms with E-state index in [2.05, 4.69) is 84.9 Å². The van der Waals surface area contributed by atoms with Crippen molar-refractivity contribution in [2.75, 3.05) is 0 Å². The molecule has 0 aliphatic carbocycles. The molecule has 2 N–H and O–H groups in total. The molecule has 0 heterocycles. The molecular formula is C31H24N2. The lowest BCUT2D eigenvalue weighted by molar-refractivity contribution is 0.722. The monoisotopic (exact) mass is 424 g/mol. The molecule has 0 spiro atoms. The first-order chi connectivity index (χ1) is 16.2. The molecule has 0 aliphatic rings. The highest BCUT2D eigenvalue weighted by Gasteiger charge is 2.09. The van der Waals surface area contributed by atoms with E-state index in [1.54, 1.807) is 0 Å². The van der Waals surface area contributed by atoms with E-state index in [1.165, 1.54) is 27.5 Å². The van der Waals surface area contributed by atoms with Gasteiger partial charge in [-0.3, -0.25) is 0 Å². The van der Waals surface area contributed by atoms with Crippen LogP contribution in [0.25, 0.3) is 33.0 Å². The molecule has 1 unspecified atom stereocenters. The van der Waals surface area contributed by atoms with Gasteiger partial charge in [-0.1, -0.05) is 97.1 Å². The maximum atomic E-state index is 9.26. The second-order valence-corrected chi connectivity index (χ2v) is 8.35. The van der Waals surface area contributed by atoms with Crippen LogP contribution in [-0.4, -0.2) is 0 Å². The van der Waals surface area contributed by atoms with Crippen LogP contribution in [0.4, 0.5) is 0 Å². The third kappa shape index (κ3) is 4.41. The highest BCUT2D eigenvalue weighted by Crippen LogP contribution is 2.33. The van der Waals surface area contributed by atoms with Crippen LogP contribution in [0, 0.1) is 11.3 Å². The Bertz CT molecular complexity index is 1440. The molecule has 158 valence electrons. The van der Waals surface area contributed by atoms with Crippen LogP contribution in [0.15, 0.2) is 115 Å². The fourth-order valence-electron chi connectivity index (χ4n) is 4.36. The number of fused-ring (bicyclic) bond motifs is 1. The van der Waals surface area contributed by atoms with Crippen molar-refractivity contribution < 1.29 is 0 Å². The molecule has 0 aromatic heterocycles. The van der Waals surface area contributed by atoms with Crippen LogP contribution in [-0.2, 0) is 6.42 Å². The van der Waals surface area contributed by atoms with E-state index in [0.29, 0.717) is 5.56 Å². The summed E-state index contributed by atoms with van der Waals surface area (Å²) < 4.78 is 0. The Hall–Kier alpha value is -4.19. The van der Waals surface area contributed by atoms with E-state index in [9.17, 15) is 5.26 Å². The number of nitrogens with zero attached hydrogens (tertiary/aromatic N) is 1. The summed E-state index contributed by atoms with van der Waals surface area (Å²) in [6.07, 6.45) is 0.805. The molecule has 0 bridgehead atoms. The average Bonchev–Trinajstić information content (AvgIpc) is 2.89. The predicted molar refractivity (Wildman–Crippen MR) is 137 cm³/mol. The summed E-state index contributed by atoms with van der Waals surface area (Å²) >= 11 is 0. The molecule has 0 fully saturated rings. The van der Waals surface area contributed by atoms with Gasteiger partial charge in [-0.15, -0.1) is 0 Å². The Morgan fingerprint density at radius 2 is 1.39 bits per heavy atom. The first-order valence-corrected chi connectivity index (χ1v) is 11.1. The summed E-state index contributed by atoms with van der Waals surface area (Å²) in [5, 5.41) is 11.7. The van der Waals surface area contributed by atoms with Gasteiger partial charge in [0.1, 0.15) is 0 Å². The number of hydrogen-bond donors (Lipinski definition) is 1. The fraction of sp³-hybridized carbons (Fsp3) is 0.0645. The third-order valence-electron chi connectivity index (χ3n) is 6.16. The van der Waals surface area contributed by atoms with Gasteiger partial charge in [0.2, 0.25) is 0 Å². The minimum Gasteiger partial charge on any atom is -0.324 e. The summed E-state index contributed by atoms with van der Waals surface area (Å²) in [6.45, 7) is 0. The first kappa shape index (κ1) is 20.7. The van der Waals surface area contributed by atoms with Gasteiger partial charge in [0.05, 0.1) is 11.6 Å². The van der Waals surface area contributed by atoms with Crippen molar-refractivity contribution in [2.45, 2.75) is 12.5 Å². The number of benzene rings is 5. The van der Waals surface area contributed by atoms with E-state index in [1.807, 2.05) is 36.4 Å². The zero-order valence-corrected chi connectivity index (χ0v) is 18.3. The second-order valence-electron chi connectivity index (χ2n) is 8.35. The van der Waals surface area contributed by atoms with E-state index < -0.39 is 0 Å². The first-order valence-electron chi connectivity index (χ1n) is 11.1. The lowest BCUT2D eigenvalue weighted by Crippen LogP contribution is -2.13. The Morgan fingerprint density at radius 3 is 2.18 bits per heavy atom. The Balaban J connectivity index is 1.47. The predicted octanol–water partition coefficient (Wildman–Crippen LogP) is 7.29. The van der Waals surface area contributed by atoms with Crippen LogP contribution < -0.4 is 5.73 Å². The molecule has 0 aliphatic heterocycles. The molecular weight excluding hydrogens is 400 g/mol. The Kier molecular flexibility index (Phi) is 5.72. The smallest absolute Gasteiger partial charge is 0.0991 e. The van der Waals surface area contributed by atoms with Gasteiger partial charge < -0.3 is 5.73 Å². The quantitative estimate of drug-likeness (QED) is 0.322. The van der Waals surface area contributed by atoms with Crippen LogP contribution in [0.2, 0.25) is 0 Å². The van der Waals surface area contributed by atoms with Crippen molar-refractivity contribution in [3.63, 3.8) is 0 Å². The molecule has 1 atom stereocenters. The molecule has 2 nitrogen and oxygen atoms in total. The van der Waals surface area contributed by atoms with Crippen LogP contribution in [0.1, 0.15) is 22.7 Å². The normalized spacial score (nSPS) is 11.8. The molecule has 2 heteroatoms. The Morgan fingerprint density at radius 1 is 0.667 bits per heavy atom. The van der Waals surface area contributed by atoms with Crippen molar-refractivity contribution in [3.05, 3.63) is 132 Å². The lowest BCUT2D eigenvalue weighted by Gasteiger charge is -2.13. The number of nitrogens with two attached hydrogens (primary N) is 1. The van der Waals surface area contributed by atoms with Crippen molar-refractivity contribution in [3.8, 4) is 28.3 Å². The van der Waals surface area contributed by atoms with Gasteiger partial charge in [-0.2, -0.15) is 5.26 Å². The largest absolute Gasteiger partial charge is 0.324 e. The van der Waals surface area contributed by atoms with Crippen molar-refractivity contribution in [1.29, 1.82) is 5.26 Å². The van der Waals surface area contributed by atoms with Crippen molar-refractivity contribution >= 4 is 10.8 Å². The molecule has 33 heavy (non-hydrogen) atoms. The van der Waals surface area contributed by atoms with Gasteiger partial charge in [0.15, 0.2) is 0 Å². The second kappa shape index (κ2) is 9.12. The maximum absolute atomic E-state index is 9.26. The molecule has 5 rings (SSSR count). The maximum Gasteiger partial charge on any atom is 0.0991 e. The van der Waals surface area contributed by atoms with Crippen molar-refractivity contribution in [2.24, 2.45) is 5.73 Å². The topological polar surface area (TPSA) is 49.8 Å². The molecule has 5 aromatic rings. The number of rotatable bonds is 5. The summed E-state index contributed by atoms with van der Waals surface area (Å²) in [7, 11) is 0. The Labute approximate surface area is 194 Å². The van der Waals surface area contributed by atoms with Crippen LogP contribution >= 0.6 is 0 Å². The molecule has 5 aromatic carbocycles.